The van der Waals surface area contributed by atoms with Crippen LogP contribution in [0.15, 0.2) is 34.1 Å². The average molecular weight is 654 g/mol. The van der Waals surface area contributed by atoms with E-state index in [1.165, 1.54) is 32.0 Å². The number of thioether (sulfide) groups is 2. The molecule has 2 N–H and O–H groups in total. The fraction of sp³-hybridized carbons (Fsp3) is 0.562. The highest BCUT2D eigenvalue weighted by atomic mass is 35.5. The second-order valence-electron chi connectivity index (χ2n) is 11.6. The van der Waals surface area contributed by atoms with Crippen LogP contribution in [-0.4, -0.2) is 71.4 Å². The zero-order chi connectivity index (χ0) is 28.6. The van der Waals surface area contributed by atoms with Gasteiger partial charge in [0.2, 0.25) is 0 Å². The molecule has 2 fully saturated rings. The number of halogens is 2. The SMILES string of the molecule is CCc1cc(SC(C)C)c2c(c1)[C@@H]1CNCCN1C2=O.CCc1cc(SC(C)C)c2c(c1)[C@H]1CNCCN1C2=O.Cl.Cl. The summed E-state index contributed by atoms with van der Waals surface area (Å²) in [5.74, 6) is 0.467. The van der Waals surface area contributed by atoms with Crippen LogP contribution < -0.4 is 10.6 Å². The summed E-state index contributed by atoms with van der Waals surface area (Å²) >= 11 is 3.63. The predicted molar refractivity (Wildman–Crippen MR) is 181 cm³/mol. The predicted octanol–water partition coefficient (Wildman–Crippen LogP) is 6.54. The molecule has 2 aromatic carbocycles. The van der Waals surface area contributed by atoms with Crippen molar-refractivity contribution in [2.24, 2.45) is 0 Å². The van der Waals surface area contributed by atoms with Gasteiger partial charge < -0.3 is 20.4 Å². The Kier molecular flexibility index (Phi) is 12.6. The molecule has 0 radical (unpaired) electrons. The third-order valence-corrected chi connectivity index (χ3v) is 10.2. The molecule has 2 atom stereocenters. The van der Waals surface area contributed by atoms with E-state index in [9.17, 15) is 9.59 Å². The van der Waals surface area contributed by atoms with E-state index in [4.69, 9.17) is 0 Å². The van der Waals surface area contributed by atoms with E-state index in [0.29, 0.717) is 10.5 Å². The summed E-state index contributed by atoms with van der Waals surface area (Å²) in [6, 6.07) is 9.40. The minimum atomic E-state index is 0. The molecule has 0 aromatic heterocycles. The lowest BCUT2D eigenvalue weighted by Gasteiger charge is -2.30. The average Bonchev–Trinajstić information content (AvgIpc) is 3.40. The summed E-state index contributed by atoms with van der Waals surface area (Å²) in [4.78, 5) is 31.9. The first kappa shape index (κ1) is 35.1. The van der Waals surface area contributed by atoms with E-state index in [1.807, 2.05) is 33.3 Å². The molecule has 0 spiro atoms. The van der Waals surface area contributed by atoms with Crippen LogP contribution in [0.2, 0.25) is 0 Å². The Morgan fingerprint density at radius 1 is 0.714 bits per heavy atom. The number of benzene rings is 2. The first-order chi connectivity index (χ1) is 19.2. The van der Waals surface area contributed by atoms with E-state index in [-0.39, 0.29) is 48.7 Å². The summed E-state index contributed by atoms with van der Waals surface area (Å²) in [5.41, 5.74) is 7.10. The lowest BCUT2D eigenvalue weighted by molar-refractivity contribution is 0.0681. The lowest BCUT2D eigenvalue weighted by Crippen LogP contribution is -2.44. The van der Waals surface area contributed by atoms with Crippen molar-refractivity contribution < 1.29 is 9.59 Å². The van der Waals surface area contributed by atoms with E-state index in [0.717, 1.165) is 63.2 Å². The lowest BCUT2D eigenvalue weighted by atomic mass is 9.99. The van der Waals surface area contributed by atoms with Gasteiger partial charge in [0.25, 0.3) is 11.8 Å². The molecule has 2 amide bonds. The van der Waals surface area contributed by atoms with Gasteiger partial charge in [0.1, 0.15) is 0 Å². The summed E-state index contributed by atoms with van der Waals surface area (Å²) in [5, 5.41) is 7.82. The topological polar surface area (TPSA) is 64.7 Å². The summed E-state index contributed by atoms with van der Waals surface area (Å²) in [6.45, 7) is 18.3. The number of fused-ring (bicyclic) bond motifs is 6. The Morgan fingerprint density at radius 2 is 1.10 bits per heavy atom. The Hall–Kier alpha value is -1.42. The fourth-order valence-electron chi connectivity index (χ4n) is 6.22. The van der Waals surface area contributed by atoms with Crippen LogP contribution in [0.4, 0.5) is 0 Å². The molecular weight excluding hydrogens is 607 g/mol. The number of rotatable bonds is 6. The van der Waals surface area contributed by atoms with Crippen molar-refractivity contribution in [3.05, 3.63) is 57.6 Å². The van der Waals surface area contributed by atoms with Crippen LogP contribution in [0.1, 0.15) is 96.6 Å². The van der Waals surface area contributed by atoms with Gasteiger partial charge in [-0.25, -0.2) is 0 Å². The number of hydrogen-bond acceptors (Lipinski definition) is 6. The van der Waals surface area contributed by atoms with Gasteiger partial charge in [-0.15, -0.1) is 48.3 Å². The van der Waals surface area contributed by atoms with Crippen molar-refractivity contribution in [2.45, 2.75) is 86.8 Å². The van der Waals surface area contributed by atoms with Crippen LogP contribution in [0, 0.1) is 0 Å². The van der Waals surface area contributed by atoms with Crippen molar-refractivity contribution in [3.63, 3.8) is 0 Å². The van der Waals surface area contributed by atoms with E-state index < -0.39 is 0 Å². The molecule has 10 heteroatoms. The normalized spacial score (nSPS) is 20.3. The maximum Gasteiger partial charge on any atom is 0.255 e. The molecule has 2 aromatic rings. The zero-order valence-corrected chi connectivity index (χ0v) is 28.9. The minimum Gasteiger partial charge on any atom is -0.329 e. The molecule has 0 bridgehead atoms. The smallest absolute Gasteiger partial charge is 0.255 e. The highest BCUT2D eigenvalue weighted by Crippen LogP contribution is 2.42. The Morgan fingerprint density at radius 3 is 1.43 bits per heavy atom. The quantitative estimate of drug-likeness (QED) is 0.346. The number of carbonyl (C=O) groups is 2. The number of nitrogens with zero attached hydrogens (tertiary/aromatic N) is 2. The van der Waals surface area contributed by atoms with Crippen molar-refractivity contribution >= 4 is 60.2 Å². The molecule has 0 saturated carbocycles. The molecule has 2 saturated heterocycles. The zero-order valence-electron chi connectivity index (χ0n) is 25.6. The second kappa shape index (κ2) is 15.0. The minimum absolute atomic E-state index is 0. The fourth-order valence-corrected chi connectivity index (χ4v) is 8.32. The highest BCUT2D eigenvalue weighted by Gasteiger charge is 2.41. The number of hydrogen-bond donors (Lipinski definition) is 2. The molecular formula is C32H46Cl2N4O2S2. The molecule has 4 heterocycles. The summed E-state index contributed by atoms with van der Waals surface area (Å²) in [6.07, 6.45) is 2.04. The van der Waals surface area contributed by atoms with Crippen molar-refractivity contribution in [1.82, 2.24) is 20.4 Å². The van der Waals surface area contributed by atoms with Gasteiger partial charge in [-0.3, -0.25) is 9.59 Å². The summed E-state index contributed by atoms with van der Waals surface area (Å²) in [7, 11) is 0. The largest absolute Gasteiger partial charge is 0.329 e. The molecule has 42 heavy (non-hydrogen) atoms. The molecule has 0 aliphatic carbocycles. The first-order valence-corrected chi connectivity index (χ1v) is 16.7. The van der Waals surface area contributed by atoms with Gasteiger partial charge in [-0.1, -0.05) is 53.7 Å². The standard InChI is InChI=1S/2C16H22N2OS.2ClH/c2*1-4-11-7-12-13-9-17-5-6-18(13)16(19)15(12)14(8-11)20-10(2)3;;/h2*7-8,10,13,17H,4-6,9H2,1-3H3;2*1H/t2*13-;;/m10../s1. The Bertz CT molecular complexity index is 1190. The molecule has 4 aliphatic rings. The molecule has 6 nitrogen and oxygen atoms in total. The number of nitrogens with one attached hydrogen (secondary N) is 2. The van der Waals surface area contributed by atoms with Gasteiger partial charge in [0.15, 0.2) is 0 Å². The molecule has 0 unspecified atom stereocenters. The number of aryl methyl sites for hydroxylation is 2. The monoisotopic (exact) mass is 652 g/mol. The first-order valence-electron chi connectivity index (χ1n) is 14.9. The van der Waals surface area contributed by atoms with E-state index in [1.54, 1.807) is 0 Å². The maximum atomic E-state index is 12.7. The Balaban J connectivity index is 0.000000220. The van der Waals surface area contributed by atoms with E-state index >= 15 is 0 Å². The summed E-state index contributed by atoms with van der Waals surface area (Å²) < 4.78 is 0. The van der Waals surface area contributed by atoms with Crippen LogP contribution in [-0.2, 0) is 12.8 Å². The maximum absolute atomic E-state index is 12.7. The number of amides is 2. The van der Waals surface area contributed by atoms with Crippen LogP contribution in [0.5, 0.6) is 0 Å². The highest BCUT2D eigenvalue weighted by molar-refractivity contribution is 8.00. The van der Waals surface area contributed by atoms with Gasteiger partial charge in [0, 0.05) is 59.6 Å². The third kappa shape index (κ3) is 6.94. The molecule has 6 rings (SSSR count). The van der Waals surface area contributed by atoms with Gasteiger partial charge in [0.05, 0.1) is 23.2 Å². The third-order valence-electron chi connectivity index (χ3n) is 8.08. The van der Waals surface area contributed by atoms with E-state index in [2.05, 4.69) is 76.4 Å². The van der Waals surface area contributed by atoms with Crippen molar-refractivity contribution in [2.75, 3.05) is 39.3 Å². The van der Waals surface area contributed by atoms with Crippen LogP contribution in [0.25, 0.3) is 0 Å². The van der Waals surface area contributed by atoms with Gasteiger partial charge in [-0.05, 0) is 47.2 Å². The molecule has 232 valence electrons. The van der Waals surface area contributed by atoms with Crippen molar-refractivity contribution in [3.8, 4) is 0 Å². The number of carbonyl (C=O) groups excluding carboxylic acids is 2. The van der Waals surface area contributed by atoms with Crippen LogP contribution in [0.3, 0.4) is 0 Å². The second-order valence-corrected chi connectivity index (χ2v) is 14.8. The van der Waals surface area contributed by atoms with Crippen LogP contribution >= 0.6 is 48.3 Å². The van der Waals surface area contributed by atoms with Gasteiger partial charge >= 0.3 is 0 Å². The number of piperazine rings is 2. The van der Waals surface area contributed by atoms with Crippen molar-refractivity contribution in [1.29, 1.82) is 0 Å². The molecule has 4 aliphatic heterocycles. The Labute approximate surface area is 272 Å². The van der Waals surface area contributed by atoms with Gasteiger partial charge in [-0.2, -0.15) is 0 Å².